The van der Waals surface area contributed by atoms with Crippen LogP contribution in [0.5, 0.6) is 0 Å². The summed E-state index contributed by atoms with van der Waals surface area (Å²) in [5.74, 6) is -2.63. The first kappa shape index (κ1) is 6.89. The van der Waals surface area contributed by atoms with Crippen LogP contribution in [0.15, 0.2) is 0 Å². The quantitative estimate of drug-likeness (QED) is 0.566. The maximum Gasteiger partial charge on any atom is 0.273 e. The number of halogens is 2. The molecule has 1 fully saturated rings. The van der Waals surface area contributed by atoms with E-state index >= 15 is 0 Å². The number of rotatable bonds is 1. The lowest BCUT2D eigenvalue weighted by Crippen LogP contribution is -2.20. The van der Waals surface area contributed by atoms with E-state index in [1.807, 2.05) is 0 Å². The van der Waals surface area contributed by atoms with Gasteiger partial charge in [-0.25, -0.2) is 8.78 Å². The van der Waals surface area contributed by atoms with Crippen LogP contribution in [0, 0.1) is 0 Å². The Hall–Kier alpha value is -0.220. The number of hydrogen-bond acceptors (Lipinski definition) is 2. The smallest absolute Gasteiger partial charge is 0.273 e. The lowest BCUT2D eigenvalue weighted by atomic mass is 10.2. The van der Waals surface area contributed by atoms with Crippen LogP contribution >= 0.6 is 0 Å². The molecule has 0 spiro atoms. The van der Waals surface area contributed by atoms with Gasteiger partial charge in [0.15, 0.2) is 0 Å². The van der Waals surface area contributed by atoms with Gasteiger partial charge in [0.2, 0.25) is 0 Å². The standard InChI is InChI=1S/C5H9F2NO/c6-5(7)1-4(2-8)9-3-5/h4H,1-3,8H2. The zero-order valence-corrected chi connectivity index (χ0v) is 4.94. The molecule has 1 aliphatic heterocycles. The van der Waals surface area contributed by atoms with Gasteiger partial charge in [-0.3, -0.25) is 0 Å². The topological polar surface area (TPSA) is 35.2 Å². The lowest BCUT2D eigenvalue weighted by molar-refractivity contribution is -0.00972. The largest absolute Gasteiger partial charge is 0.370 e. The summed E-state index contributed by atoms with van der Waals surface area (Å²) in [7, 11) is 0. The molecule has 1 saturated heterocycles. The molecule has 0 amide bonds. The highest BCUT2D eigenvalue weighted by molar-refractivity contribution is 4.79. The van der Waals surface area contributed by atoms with Crippen molar-refractivity contribution in [3.05, 3.63) is 0 Å². The second kappa shape index (κ2) is 2.19. The maximum atomic E-state index is 12.2. The van der Waals surface area contributed by atoms with Gasteiger partial charge in [-0.05, 0) is 0 Å². The first-order valence-corrected chi connectivity index (χ1v) is 2.83. The average molecular weight is 137 g/mol. The van der Waals surface area contributed by atoms with E-state index in [2.05, 4.69) is 4.74 Å². The fourth-order valence-electron chi connectivity index (χ4n) is 0.842. The summed E-state index contributed by atoms with van der Waals surface area (Å²) < 4.78 is 29.0. The van der Waals surface area contributed by atoms with Gasteiger partial charge in [-0.15, -0.1) is 0 Å². The van der Waals surface area contributed by atoms with Crippen LogP contribution in [0.4, 0.5) is 8.78 Å². The van der Waals surface area contributed by atoms with E-state index in [9.17, 15) is 8.78 Å². The van der Waals surface area contributed by atoms with Crippen LogP contribution in [0.3, 0.4) is 0 Å². The van der Waals surface area contributed by atoms with E-state index in [0.29, 0.717) is 0 Å². The van der Waals surface area contributed by atoms with Gasteiger partial charge in [0.1, 0.15) is 6.61 Å². The second-order valence-corrected chi connectivity index (χ2v) is 2.23. The second-order valence-electron chi connectivity index (χ2n) is 2.23. The molecule has 0 saturated carbocycles. The van der Waals surface area contributed by atoms with Crippen molar-refractivity contribution >= 4 is 0 Å². The fraction of sp³-hybridized carbons (Fsp3) is 1.00. The maximum absolute atomic E-state index is 12.2. The molecule has 2 nitrogen and oxygen atoms in total. The van der Waals surface area contributed by atoms with Crippen LogP contribution in [0.1, 0.15) is 6.42 Å². The van der Waals surface area contributed by atoms with E-state index in [1.54, 1.807) is 0 Å². The average Bonchev–Trinajstić information content (AvgIpc) is 2.10. The minimum absolute atomic E-state index is 0.190. The molecule has 1 unspecified atom stereocenters. The van der Waals surface area contributed by atoms with Crippen LogP contribution in [-0.4, -0.2) is 25.2 Å². The monoisotopic (exact) mass is 137 g/mol. The molecular weight excluding hydrogens is 128 g/mol. The Morgan fingerprint density at radius 2 is 2.33 bits per heavy atom. The van der Waals surface area contributed by atoms with E-state index in [0.717, 1.165) is 0 Å². The third-order valence-corrected chi connectivity index (χ3v) is 1.32. The molecular formula is C5H9F2NO. The van der Waals surface area contributed by atoms with Crippen molar-refractivity contribution in [1.82, 2.24) is 0 Å². The van der Waals surface area contributed by atoms with Crippen molar-refractivity contribution in [1.29, 1.82) is 0 Å². The number of hydrogen-bond donors (Lipinski definition) is 1. The summed E-state index contributed by atoms with van der Waals surface area (Å²) in [5, 5.41) is 0. The zero-order valence-electron chi connectivity index (χ0n) is 4.94. The van der Waals surface area contributed by atoms with Gasteiger partial charge in [-0.1, -0.05) is 0 Å². The Bertz CT molecular complexity index is 107. The minimum Gasteiger partial charge on any atom is -0.370 e. The predicted octanol–water partition coefficient (Wildman–Crippen LogP) is 0.369. The molecule has 0 aromatic carbocycles. The summed E-state index contributed by atoms with van der Waals surface area (Å²) >= 11 is 0. The molecule has 9 heavy (non-hydrogen) atoms. The molecule has 0 radical (unpaired) electrons. The molecule has 1 rings (SSSR count). The molecule has 1 atom stereocenters. The zero-order chi connectivity index (χ0) is 6.91. The van der Waals surface area contributed by atoms with Gasteiger partial charge in [0.05, 0.1) is 6.10 Å². The highest BCUT2D eigenvalue weighted by atomic mass is 19.3. The minimum atomic E-state index is -2.63. The molecule has 0 bridgehead atoms. The van der Waals surface area contributed by atoms with Crippen LogP contribution < -0.4 is 5.73 Å². The molecule has 0 aromatic heterocycles. The van der Waals surface area contributed by atoms with E-state index in [4.69, 9.17) is 5.73 Å². The molecule has 2 N–H and O–H groups in total. The van der Waals surface area contributed by atoms with Gasteiger partial charge < -0.3 is 10.5 Å². The van der Waals surface area contributed by atoms with Crippen molar-refractivity contribution < 1.29 is 13.5 Å². The Morgan fingerprint density at radius 3 is 2.56 bits per heavy atom. The summed E-state index contributed by atoms with van der Waals surface area (Å²) in [5.41, 5.74) is 5.10. The highest BCUT2D eigenvalue weighted by Gasteiger charge is 2.39. The van der Waals surface area contributed by atoms with Gasteiger partial charge in [-0.2, -0.15) is 0 Å². The number of ether oxygens (including phenoxy) is 1. The Morgan fingerprint density at radius 1 is 1.67 bits per heavy atom. The number of alkyl halides is 2. The van der Waals surface area contributed by atoms with Crippen molar-refractivity contribution in [3.8, 4) is 0 Å². The van der Waals surface area contributed by atoms with Crippen molar-refractivity contribution in [2.45, 2.75) is 18.4 Å². The normalized spacial score (nSPS) is 33.0. The lowest BCUT2D eigenvalue weighted by Gasteiger charge is -2.03. The van der Waals surface area contributed by atoms with E-state index in [1.165, 1.54) is 0 Å². The van der Waals surface area contributed by atoms with Gasteiger partial charge >= 0.3 is 0 Å². The third kappa shape index (κ3) is 1.59. The Balaban J connectivity index is 2.38. The summed E-state index contributed by atoms with van der Waals surface area (Å²) in [6.45, 7) is -0.273. The highest BCUT2D eigenvalue weighted by Crippen LogP contribution is 2.28. The van der Waals surface area contributed by atoms with Crippen LogP contribution in [-0.2, 0) is 4.74 Å². The van der Waals surface area contributed by atoms with Gasteiger partial charge in [0, 0.05) is 13.0 Å². The van der Waals surface area contributed by atoms with E-state index < -0.39 is 18.6 Å². The molecule has 4 heteroatoms. The summed E-state index contributed by atoms with van der Waals surface area (Å²) in [6.07, 6.45) is -0.649. The fourth-order valence-corrected chi connectivity index (χ4v) is 0.842. The number of nitrogens with two attached hydrogens (primary N) is 1. The summed E-state index contributed by atoms with van der Waals surface area (Å²) in [4.78, 5) is 0. The first-order chi connectivity index (χ1) is 4.14. The van der Waals surface area contributed by atoms with Crippen LogP contribution in [0.25, 0.3) is 0 Å². The van der Waals surface area contributed by atoms with E-state index in [-0.39, 0.29) is 13.0 Å². The molecule has 54 valence electrons. The predicted molar refractivity (Wildman–Crippen MR) is 28.4 cm³/mol. The molecule has 0 aliphatic carbocycles. The molecule has 1 heterocycles. The van der Waals surface area contributed by atoms with Crippen molar-refractivity contribution in [2.75, 3.05) is 13.2 Å². The SMILES string of the molecule is NCC1CC(F)(F)CO1. The molecule has 0 aromatic rings. The Labute approximate surface area is 52.0 Å². The van der Waals surface area contributed by atoms with Crippen molar-refractivity contribution in [2.24, 2.45) is 5.73 Å². The van der Waals surface area contributed by atoms with Crippen molar-refractivity contribution in [3.63, 3.8) is 0 Å². The summed E-state index contributed by atoms with van der Waals surface area (Å²) in [6, 6.07) is 0. The third-order valence-electron chi connectivity index (χ3n) is 1.32. The Kier molecular flexibility index (Phi) is 1.68. The van der Waals surface area contributed by atoms with Gasteiger partial charge in [0.25, 0.3) is 5.92 Å². The first-order valence-electron chi connectivity index (χ1n) is 2.83. The molecule has 1 aliphatic rings. The van der Waals surface area contributed by atoms with Crippen LogP contribution in [0.2, 0.25) is 0 Å².